The lowest BCUT2D eigenvalue weighted by atomic mass is 9.95. The summed E-state index contributed by atoms with van der Waals surface area (Å²) in [5, 5.41) is 15.6. The van der Waals surface area contributed by atoms with E-state index in [2.05, 4.69) is 22.8 Å². The van der Waals surface area contributed by atoms with Crippen molar-refractivity contribution in [2.45, 2.75) is 38.5 Å². The van der Waals surface area contributed by atoms with Crippen LogP contribution in [0.15, 0.2) is 24.3 Å². The highest BCUT2D eigenvalue weighted by atomic mass is 16.3. The van der Waals surface area contributed by atoms with Gasteiger partial charge in [-0.2, -0.15) is 0 Å². The van der Waals surface area contributed by atoms with Crippen LogP contribution in [0.2, 0.25) is 0 Å². The fraction of sp³-hybridized carbons (Fsp3) is 0.500. The molecule has 0 spiro atoms. The van der Waals surface area contributed by atoms with Gasteiger partial charge in [0.15, 0.2) is 0 Å². The number of nitrogens with one attached hydrogen (secondary N) is 2. The summed E-state index contributed by atoms with van der Waals surface area (Å²) >= 11 is 0. The second-order valence-electron chi connectivity index (χ2n) is 5.44. The van der Waals surface area contributed by atoms with Gasteiger partial charge in [0.05, 0.1) is 11.6 Å². The number of rotatable bonds is 3. The van der Waals surface area contributed by atoms with Crippen molar-refractivity contribution >= 4 is 5.91 Å². The van der Waals surface area contributed by atoms with Gasteiger partial charge in [0.25, 0.3) is 0 Å². The SMILES string of the molecule is CC(C)(O)CNC(=O)[C@H]1Cc2ccccc2CN1. The van der Waals surface area contributed by atoms with E-state index >= 15 is 0 Å². The van der Waals surface area contributed by atoms with Gasteiger partial charge in [0.1, 0.15) is 0 Å². The van der Waals surface area contributed by atoms with Gasteiger partial charge in [-0.25, -0.2) is 0 Å². The molecule has 1 aliphatic rings. The van der Waals surface area contributed by atoms with Crippen LogP contribution in [-0.4, -0.2) is 29.2 Å². The smallest absolute Gasteiger partial charge is 0.237 e. The van der Waals surface area contributed by atoms with Crippen molar-refractivity contribution in [3.05, 3.63) is 35.4 Å². The summed E-state index contributed by atoms with van der Waals surface area (Å²) in [6, 6.07) is 7.94. The molecule has 1 atom stereocenters. The fourth-order valence-corrected chi connectivity index (χ4v) is 2.07. The topological polar surface area (TPSA) is 61.4 Å². The van der Waals surface area contributed by atoms with Gasteiger partial charge in [-0.1, -0.05) is 24.3 Å². The van der Waals surface area contributed by atoms with Crippen LogP contribution in [0, 0.1) is 0 Å². The minimum atomic E-state index is -0.873. The van der Waals surface area contributed by atoms with Crippen LogP contribution in [0.25, 0.3) is 0 Å². The number of aliphatic hydroxyl groups is 1. The molecule has 0 saturated carbocycles. The maximum Gasteiger partial charge on any atom is 0.237 e. The Bertz CT molecular complexity index is 438. The molecule has 1 aromatic carbocycles. The summed E-state index contributed by atoms with van der Waals surface area (Å²) in [4.78, 5) is 12.0. The van der Waals surface area contributed by atoms with Crippen molar-refractivity contribution in [1.29, 1.82) is 0 Å². The molecule has 0 radical (unpaired) electrons. The Morgan fingerprint density at radius 3 is 2.78 bits per heavy atom. The molecule has 1 aliphatic heterocycles. The quantitative estimate of drug-likeness (QED) is 0.733. The Hall–Kier alpha value is -1.39. The lowest BCUT2D eigenvalue weighted by molar-refractivity contribution is -0.124. The lowest BCUT2D eigenvalue weighted by Gasteiger charge is -2.26. The molecule has 1 amide bonds. The van der Waals surface area contributed by atoms with E-state index in [-0.39, 0.29) is 18.5 Å². The zero-order valence-corrected chi connectivity index (χ0v) is 10.9. The molecule has 0 unspecified atom stereocenters. The van der Waals surface area contributed by atoms with E-state index in [1.54, 1.807) is 13.8 Å². The minimum Gasteiger partial charge on any atom is -0.389 e. The molecule has 3 N–H and O–H groups in total. The monoisotopic (exact) mass is 248 g/mol. The number of fused-ring (bicyclic) bond motifs is 1. The van der Waals surface area contributed by atoms with Crippen LogP contribution in [-0.2, 0) is 17.8 Å². The number of hydrogen-bond acceptors (Lipinski definition) is 3. The van der Waals surface area contributed by atoms with Crippen LogP contribution < -0.4 is 10.6 Å². The first kappa shape index (κ1) is 13.1. The largest absolute Gasteiger partial charge is 0.389 e. The highest BCUT2D eigenvalue weighted by Gasteiger charge is 2.24. The molecule has 2 rings (SSSR count). The van der Waals surface area contributed by atoms with E-state index in [1.807, 2.05) is 12.1 Å². The molecule has 0 fully saturated rings. The summed E-state index contributed by atoms with van der Waals surface area (Å²) in [7, 11) is 0. The molecule has 1 heterocycles. The Morgan fingerprint density at radius 1 is 1.44 bits per heavy atom. The lowest BCUT2D eigenvalue weighted by Crippen LogP contribution is -2.50. The molecule has 18 heavy (non-hydrogen) atoms. The average molecular weight is 248 g/mol. The average Bonchev–Trinajstić information content (AvgIpc) is 2.34. The summed E-state index contributed by atoms with van der Waals surface area (Å²) in [6.45, 7) is 4.34. The third-order valence-corrected chi connectivity index (χ3v) is 3.09. The number of benzene rings is 1. The van der Waals surface area contributed by atoms with Crippen molar-refractivity contribution in [1.82, 2.24) is 10.6 Å². The van der Waals surface area contributed by atoms with Crippen LogP contribution >= 0.6 is 0 Å². The summed E-state index contributed by atoms with van der Waals surface area (Å²) in [5.41, 5.74) is 1.60. The second kappa shape index (κ2) is 5.08. The molecule has 0 bridgehead atoms. The van der Waals surface area contributed by atoms with Gasteiger partial charge in [-0.3, -0.25) is 4.79 Å². The maximum absolute atomic E-state index is 12.0. The maximum atomic E-state index is 12.0. The van der Waals surface area contributed by atoms with Gasteiger partial charge in [0, 0.05) is 13.1 Å². The van der Waals surface area contributed by atoms with Gasteiger partial charge < -0.3 is 15.7 Å². The normalized spacial score (nSPS) is 19.2. The Kier molecular flexibility index (Phi) is 3.68. The fourth-order valence-electron chi connectivity index (χ4n) is 2.07. The Balaban J connectivity index is 1.95. The third-order valence-electron chi connectivity index (χ3n) is 3.09. The van der Waals surface area contributed by atoms with E-state index in [4.69, 9.17) is 0 Å². The van der Waals surface area contributed by atoms with Crippen LogP contribution in [0.3, 0.4) is 0 Å². The van der Waals surface area contributed by atoms with Crippen molar-refractivity contribution in [3.8, 4) is 0 Å². The molecule has 98 valence electrons. The van der Waals surface area contributed by atoms with Crippen LogP contribution in [0.4, 0.5) is 0 Å². The molecule has 0 aliphatic carbocycles. The molecular weight excluding hydrogens is 228 g/mol. The third kappa shape index (κ3) is 3.31. The summed E-state index contributed by atoms with van der Waals surface area (Å²) in [6.07, 6.45) is 0.702. The zero-order valence-electron chi connectivity index (χ0n) is 10.9. The summed E-state index contributed by atoms with van der Waals surface area (Å²) in [5.74, 6) is -0.0494. The van der Waals surface area contributed by atoms with E-state index in [0.717, 1.165) is 6.54 Å². The predicted octanol–water partition coefficient (Wildman–Crippen LogP) is 0.588. The van der Waals surface area contributed by atoms with Crippen molar-refractivity contribution in [3.63, 3.8) is 0 Å². The van der Waals surface area contributed by atoms with Gasteiger partial charge in [-0.15, -0.1) is 0 Å². The van der Waals surface area contributed by atoms with E-state index < -0.39 is 5.60 Å². The zero-order chi connectivity index (χ0) is 13.2. The van der Waals surface area contributed by atoms with Gasteiger partial charge in [-0.05, 0) is 31.4 Å². The van der Waals surface area contributed by atoms with E-state index in [9.17, 15) is 9.90 Å². The Labute approximate surface area is 107 Å². The van der Waals surface area contributed by atoms with E-state index in [0.29, 0.717) is 6.42 Å². The number of amides is 1. The highest BCUT2D eigenvalue weighted by Crippen LogP contribution is 2.16. The standard InChI is InChI=1S/C14H20N2O2/c1-14(2,18)9-16-13(17)12-7-10-5-3-4-6-11(10)8-15-12/h3-6,12,15,18H,7-9H2,1-2H3,(H,16,17)/t12-/m1/s1. The second-order valence-corrected chi connectivity index (χ2v) is 5.44. The molecule has 4 heteroatoms. The number of hydrogen-bond donors (Lipinski definition) is 3. The van der Waals surface area contributed by atoms with Gasteiger partial charge in [0.2, 0.25) is 5.91 Å². The molecule has 0 saturated heterocycles. The first-order valence-corrected chi connectivity index (χ1v) is 6.26. The van der Waals surface area contributed by atoms with E-state index in [1.165, 1.54) is 11.1 Å². The highest BCUT2D eigenvalue weighted by molar-refractivity contribution is 5.82. The molecule has 1 aromatic rings. The molecular formula is C14H20N2O2. The molecule has 0 aromatic heterocycles. The first-order valence-electron chi connectivity index (χ1n) is 6.26. The number of carbonyl (C=O) groups is 1. The minimum absolute atomic E-state index is 0.0494. The number of carbonyl (C=O) groups excluding carboxylic acids is 1. The van der Waals surface area contributed by atoms with Crippen LogP contribution in [0.5, 0.6) is 0 Å². The summed E-state index contributed by atoms with van der Waals surface area (Å²) < 4.78 is 0. The Morgan fingerprint density at radius 2 is 2.11 bits per heavy atom. The van der Waals surface area contributed by atoms with Crippen LogP contribution in [0.1, 0.15) is 25.0 Å². The van der Waals surface area contributed by atoms with Gasteiger partial charge >= 0.3 is 0 Å². The molecule has 4 nitrogen and oxygen atoms in total. The van der Waals surface area contributed by atoms with Crippen molar-refractivity contribution < 1.29 is 9.90 Å². The van der Waals surface area contributed by atoms with Crippen molar-refractivity contribution in [2.75, 3.05) is 6.54 Å². The predicted molar refractivity (Wildman–Crippen MR) is 70.1 cm³/mol. The van der Waals surface area contributed by atoms with Crippen molar-refractivity contribution in [2.24, 2.45) is 0 Å². The first-order chi connectivity index (χ1) is 8.46.